The lowest BCUT2D eigenvalue weighted by Crippen LogP contribution is -2.16. The zero-order valence-corrected chi connectivity index (χ0v) is 14.9. The highest BCUT2D eigenvalue weighted by Gasteiger charge is 2.23. The minimum Gasteiger partial charge on any atom is -0.369 e. The summed E-state index contributed by atoms with van der Waals surface area (Å²) in [7, 11) is 0. The van der Waals surface area contributed by atoms with Crippen LogP contribution in [0.4, 0.5) is 5.82 Å². The molecule has 24 heavy (non-hydrogen) atoms. The van der Waals surface area contributed by atoms with E-state index in [1.165, 1.54) is 41.9 Å². The summed E-state index contributed by atoms with van der Waals surface area (Å²) in [5.41, 5.74) is 2.58. The number of rotatable bonds is 5. The lowest BCUT2D eigenvalue weighted by atomic mass is 10.0. The largest absolute Gasteiger partial charge is 0.369 e. The predicted octanol–water partition coefficient (Wildman–Crippen LogP) is 2.93. The van der Waals surface area contributed by atoms with Crippen LogP contribution in [0.25, 0.3) is 0 Å². The van der Waals surface area contributed by atoms with Gasteiger partial charge in [0.15, 0.2) is 0 Å². The van der Waals surface area contributed by atoms with E-state index in [0.717, 1.165) is 50.5 Å². The molecule has 0 atom stereocenters. The second-order valence-corrected chi connectivity index (χ2v) is 7.67. The van der Waals surface area contributed by atoms with Gasteiger partial charge in [-0.1, -0.05) is 12.8 Å². The van der Waals surface area contributed by atoms with E-state index in [0.29, 0.717) is 5.92 Å². The average molecular weight is 344 g/mol. The molecule has 128 valence electrons. The van der Waals surface area contributed by atoms with E-state index in [4.69, 9.17) is 9.97 Å². The molecule has 2 aromatic rings. The Bertz CT molecular complexity index is 664. The molecule has 2 N–H and O–H groups in total. The molecule has 0 saturated heterocycles. The van der Waals surface area contributed by atoms with E-state index in [1.807, 2.05) is 11.6 Å². The summed E-state index contributed by atoms with van der Waals surface area (Å²) in [6.07, 6.45) is 9.98. The second-order valence-electron chi connectivity index (χ2n) is 6.69. The molecule has 1 aliphatic carbocycles. The number of thiazole rings is 1. The van der Waals surface area contributed by atoms with Crippen LogP contribution in [0.15, 0.2) is 11.6 Å². The molecular weight excluding hydrogens is 318 g/mol. The lowest BCUT2D eigenvalue weighted by Gasteiger charge is -2.17. The van der Waals surface area contributed by atoms with Gasteiger partial charge < -0.3 is 10.6 Å². The maximum Gasteiger partial charge on any atom is 0.134 e. The van der Waals surface area contributed by atoms with Crippen molar-refractivity contribution < 1.29 is 0 Å². The summed E-state index contributed by atoms with van der Waals surface area (Å²) in [6, 6.07) is 0. The van der Waals surface area contributed by atoms with Crippen molar-refractivity contribution in [2.45, 2.75) is 50.9 Å². The van der Waals surface area contributed by atoms with Crippen molar-refractivity contribution in [3.8, 4) is 0 Å². The van der Waals surface area contributed by atoms with Crippen LogP contribution in [0, 0.1) is 0 Å². The van der Waals surface area contributed by atoms with Crippen LogP contribution in [0.1, 0.15) is 53.7 Å². The maximum absolute atomic E-state index is 4.97. The van der Waals surface area contributed by atoms with E-state index in [1.54, 1.807) is 11.3 Å². The standard InChI is InChI=1S/C18H25N5S/c1-2-4-13(3-1)17-22-15-6-9-19-8-5-14(15)18(23-17)21-10-7-16-20-11-12-24-16/h11-13,19H,1-10H2,(H,21,22,23). The number of fused-ring (bicyclic) bond motifs is 1. The molecule has 4 rings (SSSR count). The van der Waals surface area contributed by atoms with Gasteiger partial charge in [-0.15, -0.1) is 11.3 Å². The van der Waals surface area contributed by atoms with Crippen LogP contribution < -0.4 is 10.6 Å². The van der Waals surface area contributed by atoms with Crippen molar-refractivity contribution >= 4 is 17.2 Å². The van der Waals surface area contributed by atoms with Crippen LogP contribution >= 0.6 is 11.3 Å². The summed E-state index contributed by atoms with van der Waals surface area (Å²) in [5.74, 6) is 2.71. The first-order chi connectivity index (χ1) is 11.9. The van der Waals surface area contributed by atoms with Crippen molar-refractivity contribution in [2.24, 2.45) is 0 Å². The number of anilines is 1. The Morgan fingerprint density at radius 1 is 1.17 bits per heavy atom. The highest BCUT2D eigenvalue weighted by Crippen LogP contribution is 2.34. The quantitative estimate of drug-likeness (QED) is 0.874. The topological polar surface area (TPSA) is 62.7 Å². The molecule has 3 heterocycles. The summed E-state index contributed by atoms with van der Waals surface area (Å²) in [5, 5.41) is 10.3. The predicted molar refractivity (Wildman–Crippen MR) is 97.8 cm³/mol. The van der Waals surface area contributed by atoms with E-state index in [9.17, 15) is 0 Å². The molecule has 2 aliphatic rings. The molecular formula is C18H25N5S. The van der Waals surface area contributed by atoms with Gasteiger partial charge in [0.05, 0.1) is 10.7 Å². The van der Waals surface area contributed by atoms with E-state index in [2.05, 4.69) is 15.6 Å². The van der Waals surface area contributed by atoms with Gasteiger partial charge >= 0.3 is 0 Å². The number of nitrogens with one attached hydrogen (secondary N) is 2. The molecule has 0 amide bonds. The number of nitrogens with zero attached hydrogens (tertiary/aromatic N) is 3. The summed E-state index contributed by atoms with van der Waals surface area (Å²) >= 11 is 1.72. The van der Waals surface area contributed by atoms with Crippen molar-refractivity contribution in [1.82, 2.24) is 20.3 Å². The van der Waals surface area contributed by atoms with E-state index < -0.39 is 0 Å². The fourth-order valence-electron chi connectivity index (χ4n) is 3.74. The first-order valence-corrected chi connectivity index (χ1v) is 10.0. The SMILES string of the molecule is c1csc(CCNc2nc(C3CCCC3)nc3c2CCNCC3)n1. The number of hydrogen-bond acceptors (Lipinski definition) is 6. The number of aromatic nitrogens is 3. The van der Waals surface area contributed by atoms with Gasteiger partial charge in [0.25, 0.3) is 0 Å². The van der Waals surface area contributed by atoms with Crippen LogP contribution in [-0.4, -0.2) is 34.6 Å². The third-order valence-corrected chi connectivity index (χ3v) is 5.87. The highest BCUT2D eigenvalue weighted by molar-refractivity contribution is 7.09. The van der Waals surface area contributed by atoms with Gasteiger partial charge in [-0.2, -0.15) is 0 Å². The molecule has 0 spiro atoms. The zero-order chi connectivity index (χ0) is 16.2. The maximum atomic E-state index is 4.97. The van der Waals surface area contributed by atoms with Gasteiger partial charge in [-0.3, -0.25) is 0 Å². The number of hydrogen-bond donors (Lipinski definition) is 2. The van der Waals surface area contributed by atoms with E-state index >= 15 is 0 Å². The van der Waals surface area contributed by atoms with Crippen LogP contribution in [0.5, 0.6) is 0 Å². The molecule has 0 radical (unpaired) electrons. The Labute approximate surface area is 147 Å². The minimum atomic E-state index is 0.561. The Hall–Kier alpha value is -1.53. The first kappa shape index (κ1) is 16.0. The molecule has 6 heteroatoms. The Morgan fingerprint density at radius 3 is 2.88 bits per heavy atom. The molecule has 2 aromatic heterocycles. The van der Waals surface area contributed by atoms with Crippen molar-refractivity contribution in [3.63, 3.8) is 0 Å². The van der Waals surface area contributed by atoms with E-state index in [-0.39, 0.29) is 0 Å². The van der Waals surface area contributed by atoms with Crippen molar-refractivity contribution in [1.29, 1.82) is 0 Å². The normalized spacial score (nSPS) is 18.3. The first-order valence-electron chi connectivity index (χ1n) is 9.13. The third kappa shape index (κ3) is 3.59. The average Bonchev–Trinajstić information content (AvgIpc) is 3.25. The molecule has 0 aromatic carbocycles. The van der Waals surface area contributed by atoms with Crippen LogP contribution in [0.2, 0.25) is 0 Å². The Kier molecular flexibility index (Phi) is 5.04. The van der Waals surface area contributed by atoms with Gasteiger partial charge in [-0.05, 0) is 25.8 Å². The van der Waals surface area contributed by atoms with Gasteiger partial charge in [-0.25, -0.2) is 15.0 Å². The zero-order valence-electron chi connectivity index (χ0n) is 14.1. The molecule has 5 nitrogen and oxygen atoms in total. The molecule has 0 bridgehead atoms. The highest BCUT2D eigenvalue weighted by atomic mass is 32.1. The lowest BCUT2D eigenvalue weighted by molar-refractivity contribution is 0.657. The third-order valence-electron chi connectivity index (χ3n) is 5.04. The fraction of sp³-hybridized carbons (Fsp3) is 0.611. The molecule has 1 aliphatic heterocycles. The van der Waals surface area contributed by atoms with Crippen molar-refractivity contribution in [3.05, 3.63) is 33.7 Å². The fourth-order valence-corrected chi connectivity index (χ4v) is 4.36. The minimum absolute atomic E-state index is 0.561. The monoisotopic (exact) mass is 343 g/mol. The second kappa shape index (κ2) is 7.57. The van der Waals surface area contributed by atoms with Gasteiger partial charge in [0.2, 0.25) is 0 Å². The molecule has 1 saturated carbocycles. The Balaban J connectivity index is 1.56. The van der Waals surface area contributed by atoms with Gasteiger partial charge in [0, 0.05) is 49.0 Å². The molecule has 1 fully saturated rings. The summed E-state index contributed by atoms with van der Waals surface area (Å²) < 4.78 is 0. The smallest absolute Gasteiger partial charge is 0.134 e. The van der Waals surface area contributed by atoms with Crippen LogP contribution in [0.3, 0.4) is 0 Å². The summed E-state index contributed by atoms with van der Waals surface area (Å²) in [4.78, 5) is 14.3. The molecule has 0 unspecified atom stereocenters. The van der Waals surface area contributed by atoms with Crippen LogP contribution in [-0.2, 0) is 19.3 Å². The van der Waals surface area contributed by atoms with Crippen molar-refractivity contribution in [2.75, 3.05) is 25.0 Å². The summed E-state index contributed by atoms with van der Waals surface area (Å²) in [6.45, 7) is 2.92. The Morgan fingerprint density at radius 2 is 2.04 bits per heavy atom. The van der Waals surface area contributed by atoms with Gasteiger partial charge in [0.1, 0.15) is 11.6 Å².